The molecule has 0 radical (unpaired) electrons. The summed E-state index contributed by atoms with van der Waals surface area (Å²) in [5.74, 6) is 0.266. The number of benzene rings is 2. The highest BCUT2D eigenvalue weighted by Crippen LogP contribution is 2.26. The monoisotopic (exact) mass is 416 g/mol. The normalized spacial score (nSPS) is 17.7. The maximum Gasteiger partial charge on any atom is 0.243 e. The average molecular weight is 417 g/mol. The van der Waals surface area contributed by atoms with E-state index in [0.717, 1.165) is 11.1 Å². The Morgan fingerprint density at radius 2 is 1.86 bits per heavy atom. The molecule has 1 heterocycles. The number of sulfonamides is 1. The van der Waals surface area contributed by atoms with Gasteiger partial charge in [0.2, 0.25) is 15.9 Å². The van der Waals surface area contributed by atoms with Crippen molar-refractivity contribution in [1.29, 1.82) is 0 Å². The quantitative estimate of drug-likeness (QED) is 0.726. The Hall–Kier alpha value is -2.38. The van der Waals surface area contributed by atoms with Crippen LogP contribution >= 0.6 is 0 Å². The zero-order valence-electron chi connectivity index (χ0n) is 17.2. The third kappa shape index (κ3) is 4.79. The number of piperidine rings is 1. The molecule has 7 heteroatoms. The third-order valence-corrected chi connectivity index (χ3v) is 7.35. The van der Waals surface area contributed by atoms with Crippen molar-refractivity contribution in [2.75, 3.05) is 27.2 Å². The maximum atomic E-state index is 13.0. The highest BCUT2D eigenvalue weighted by molar-refractivity contribution is 7.89. The largest absolute Gasteiger partial charge is 0.497 e. The Kier molecular flexibility index (Phi) is 6.59. The summed E-state index contributed by atoms with van der Waals surface area (Å²) in [5.41, 5.74) is 2.24. The van der Waals surface area contributed by atoms with Crippen molar-refractivity contribution in [3.8, 4) is 5.75 Å². The molecule has 156 valence electrons. The van der Waals surface area contributed by atoms with Crippen molar-refractivity contribution in [2.24, 2.45) is 5.92 Å². The zero-order chi connectivity index (χ0) is 21.0. The molecular formula is C22H28N2O4S. The van der Waals surface area contributed by atoms with Crippen LogP contribution in [0.4, 0.5) is 0 Å². The summed E-state index contributed by atoms with van der Waals surface area (Å²) in [6, 6.07) is 14.3. The molecule has 1 amide bonds. The van der Waals surface area contributed by atoms with Crippen LogP contribution in [-0.4, -0.2) is 50.8 Å². The summed E-state index contributed by atoms with van der Waals surface area (Å²) in [6.45, 7) is 3.19. The van der Waals surface area contributed by atoms with Gasteiger partial charge >= 0.3 is 0 Å². The van der Waals surface area contributed by atoms with E-state index in [4.69, 9.17) is 4.74 Å². The predicted octanol–water partition coefficient (Wildman–Crippen LogP) is 3.06. The van der Waals surface area contributed by atoms with Crippen LogP contribution in [0.5, 0.6) is 5.75 Å². The lowest BCUT2D eigenvalue weighted by Crippen LogP contribution is -2.45. The fourth-order valence-corrected chi connectivity index (χ4v) is 5.22. The molecular weight excluding hydrogens is 388 g/mol. The molecule has 0 spiro atoms. The van der Waals surface area contributed by atoms with Gasteiger partial charge in [0.15, 0.2) is 0 Å². The zero-order valence-corrected chi connectivity index (χ0v) is 18.0. The van der Waals surface area contributed by atoms with Crippen LogP contribution in [0.2, 0.25) is 0 Å². The van der Waals surface area contributed by atoms with Crippen molar-refractivity contribution in [3.05, 3.63) is 59.7 Å². The van der Waals surface area contributed by atoms with Crippen molar-refractivity contribution in [3.63, 3.8) is 0 Å². The number of aryl methyl sites for hydroxylation is 1. The van der Waals surface area contributed by atoms with Crippen LogP contribution in [0.25, 0.3) is 0 Å². The Morgan fingerprint density at radius 1 is 1.17 bits per heavy atom. The molecule has 0 bridgehead atoms. The van der Waals surface area contributed by atoms with E-state index >= 15 is 0 Å². The first kappa shape index (κ1) is 21.3. The summed E-state index contributed by atoms with van der Waals surface area (Å²) in [6.07, 6.45) is 1.37. The molecule has 0 aliphatic carbocycles. The van der Waals surface area contributed by atoms with Crippen molar-refractivity contribution >= 4 is 15.9 Å². The van der Waals surface area contributed by atoms with Gasteiger partial charge in [-0.15, -0.1) is 0 Å². The summed E-state index contributed by atoms with van der Waals surface area (Å²) in [5, 5.41) is 0. The Morgan fingerprint density at radius 3 is 2.52 bits per heavy atom. The van der Waals surface area contributed by atoms with Gasteiger partial charge in [-0.25, -0.2) is 8.42 Å². The number of amides is 1. The number of rotatable bonds is 6. The Bertz CT molecular complexity index is 957. The van der Waals surface area contributed by atoms with Crippen molar-refractivity contribution in [1.82, 2.24) is 9.21 Å². The highest BCUT2D eigenvalue weighted by atomic mass is 32.2. The SMILES string of the molecule is COc1ccc(S(=O)(=O)N2CCCC(C(=O)N(C)Cc3ccccc3C)C2)cc1. The molecule has 29 heavy (non-hydrogen) atoms. The van der Waals surface area contributed by atoms with E-state index in [-0.39, 0.29) is 23.3 Å². The fraction of sp³-hybridized carbons (Fsp3) is 0.409. The average Bonchev–Trinajstić information content (AvgIpc) is 2.75. The molecule has 1 aliphatic rings. The first-order chi connectivity index (χ1) is 13.8. The smallest absolute Gasteiger partial charge is 0.243 e. The second kappa shape index (κ2) is 8.97. The molecule has 2 aromatic carbocycles. The number of nitrogens with zero attached hydrogens (tertiary/aromatic N) is 2. The van der Waals surface area contributed by atoms with Gasteiger partial charge in [-0.2, -0.15) is 4.31 Å². The van der Waals surface area contributed by atoms with E-state index < -0.39 is 10.0 Å². The minimum atomic E-state index is -3.64. The summed E-state index contributed by atoms with van der Waals surface area (Å²) in [7, 11) is -0.315. The van der Waals surface area contributed by atoms with Gasteiger partial charge in [-0.1, -0.05) is 24.3 Å². The van der Waals surface area contributed by atoms with Gasteiger partial charge in [-0.05, 0) is 55.2 Å². The van der Waals surface area contributed by atoms with Crippen LogP contribution in [0.1, 0.15) is 24.0 Å². The molecule has 0 saturated carbocycles. The van der Waals surface area contributed by atoms with Gasteiger partial charge in [-0.3, -0.25) is 4.79 Å². The van der Waals surface area contributed by atoms with Crippen molar-refractivity contribution < 1.29 is 17.9 Å². The molecule has 1 fully saturated rings. The maximum absolute atomic E-state index is 13.0. The van der Waals surface area contributed by atoms with E-state index in [0.29, 0.717) is 31.7 Å². The minimum absolute atomic E-state index is 0.0112. The van der Waals surface area contributed by atoms with Crippen LogP contribution in [0.15, 0.2) is 53.4 Å². The summed E-state index contributed by atoms with van der Waals surface area (Å²) in [4.78, 5) is 14.9. The number of carbonyl (C=O) groups is 1. The van der Waals surface area contributed by atoms with Crippen LogP contribution in [0, 0.1) is 12.8 Å². The van der Waals surface area contributed by atoms with E-state index in [9.17, 15) is 13.2 Å². The molecule has 3 rings (SSSR count). The molecule has 1 saturated heterocycles. The fourth-order valence-electron chi connectivity index (χ4n) is 3.69. The topological polar surface area (TPSA) is 66.9 Å². The molecule has 0 N–H and O–H groups in total. The first-order valence-electron chi connectivity index (χ1n) is 9.76. The van der Waals surface area contributed by atoms with Crippen LogP contribution in [0.3, 0.4) is 0 Å². The molecule has 1 unspecified atom stereocenters. The molecule has 0 aromatic heterocycles. The standard InChI is InChI=1S/C22H28N2O4S/c1-17-7-4-5-8-18(17)15-23(2)22(25)19-9-6-14-24(16-19)29(26,27)21-12-10-20(28-3)11-13-21/h4-5,7-8,10-13,19H,6,9,14-16H2,1-3H3. The molecule has 1 aliphatic heterocycles. The van der Waals surface area contributed by atoms with Crippen LogP contribution in [-0.2, 0) is 21.4 Å². The number of hydrogen-bond donors (Lipinski definition) is 0. The number of ether oxygens (including phenoxy) is 1. The van der Waals surface area contributed by atoms with E-state index in [2.05, 4.69) is 0 Å². The minimum Gasteiger partial charge on any atom is -0.497 e. The Balaban J connectivity index is 1.70. The number of carbonyl (C=O) groups excluding carboxylic acids is 1. The van der Waals surface area contributed by atoms with Crippen LogP contribution < -0.4 is 4.74 Å². The molecule has 2 aromatic rings. The predicted molar refractivity (Wildman–Crippen MR) is 112 cm³/mol. The lowest BCUT2D eigenvalue weighted by molar-refractivity contribution is -0.135. The van der Waals surface area contributed by atoms with Gasteiger partial charge in [0.25, 0.3) is 0 Å². The highest BCUT2D eigenvalue weighted by Gasteiger charge is 2.34. The molecule has 1 atom stereocenters. The molecule has 6 nitrogen and oxygen atoms in total. The van der Waals surface area contributed by atoms with Crippen molar-refractivity contribution in [2.45, 2.75) is 31.2 Å². The Labute approximate surface area is 173 Å². The second-order valence-electron chi connectivity index (χ2n) is 7.50. The second-order valence-corrected chi connectivity index (χ2v) is 9.44. The van der Waals surface area contributed by atoms with Gasteiger partial charge in [0.05, 0.1) is 17.9 Å². The van der Waals surface area contributed by atoms with E-state index in [1.54, 1.807) is 36.2 Å². The number of methoxy groups -OCH3 is 1. The lowest BCUT2D eigenvalue weighted by Gasteiger charge is -2.33. The van der Waals surface area contributed by atoms with E-state index in [1.165, 1.54) is 11.4 Å². The van der Waals surface area contributed by atoms with E-state index in [1.807, 2.05) is 31.2 Å². The third-order valence-electron chi connectivity index (χ3n) is 5.48. The lowest BCUT2D eigenvalue weighted by atomic mass is 9.98. The first-order valence-corrected chi connectivity index (χ1v) is 11.2. The summed E-state index contributed by atoms with van der Waals surface area (Å²) < 4.78 is 32.6. The number of hydrogen-bond acceptors (Lipinski definition) is 4. The van der Waals surface area contributed by atoms with Gasteiger partial charge in [0, 0.05) is 26.7 Å². The van der Waals surface area contributed by atoms with Gasteiger partial charge < -0.3 is 9.64 Å². The summed E-state index contributed by atoms with van der Waals surface area (Å²) >= 11 is 0. The van der Waals surface area contributed by atoms with Gasteiger partial charge in [0.1, 0.15) is 5.75 Å².